The van der Waals surface area contributed by atoms with E-state index in [4.69, 9.17) is 16.3 Å². The van der Waals surface area contributed by atoms with Crippen LogP contribution in [-0.4, -0.2) is 83.7 Å². The molecule has 2 saturated heterocycles. The first-order chi connectivity index (χ1) is 16.9. The van der Waals surface area contributed by atoms with Gasteiger partial charge in [0.05, 0.1) is 28.6 Å². The van der Waals surface area contributed by atoms with Crippen molar-refractivity contribution in [1.82, 2.24) is 9.80 Å². The number of benzene rings is 1. The van der Waals surface area contributed by atoms with Crippen LogP contribution in [0.1, 0.15) is 19.3 Å². The molecule has 5 rings (SSSR count). The molecule has 35 heavy (non-hydrogen) atoms. The van der Waals surface area contributed by atoms with Gasteiger partial charge in [-0.1, -0.05) is 48.0 Å². The van der Waals surface area contributed by atoms with Crippen LogP contribution in [0.25, 0.3) is 0 Å². The number of amides is 3. The molecule has 0 aromatic heterocycles. The van der Waals surface area contributed by atoms with Gasteiger partial charge < -0.3 is 24.5 Å². The molecule has 1 aromatic rings. The third kappa shape index (κ3) is 3.79. The van der Waals surface area contributed by atoms with Crippen molar-refractivity contribution in [3.63, 3.8) is 0 Å². The molecule has 0 bridgehead atoms. The van der Waals surface area contributed by atoms with Crippen molar-refractivity contribution in [2.75, 3.05) is 38.2 Å². The number of hydrogen-bond donors (Lipinski definition) is 1. The minimum atomic E-state index is -1.24. The topological polar surface area (TPSA) is 90.4 Å². The zero-order valence-electron chi connectivity index (χ0n) is 19.7. The summed E-state index contributed by atoms with van der Waals surface area (Å²) >= 11 is 6.45. The summed E-state index contributed by atoms with van der Waals surface area (Å²) in [4.78, 5) is 46.3. The number of carbonyl (C=O) groups excluding carboxylic acids is 3. The zero-order chi connectivity index (χ0) is 24.7. The van der Waals surface area contributed by atoms with Gasteiger partial charge in [-0.15, -0.1) is 0 Å². The molecule has 1 unspecified atom stereocenters. The van der Waals surface area contributed by atoms with E-state index in [0.717, 1.165) is 6.42 Å². The SMILES string of the molecule is CN1CC=C[C@H]2O[C@]34C=CCN(c5ccccc5Cl)C(=O)C3N(CCCCCO)C(=O)[C@@H]4[C@H]2C1=O. The van der Waals surface area contributed by atoms with E-state index in [1.54, 1.807) is 39.9 Å². The Morgan fingerprint density at radius 1 is 1.06 bits per heavy atom. The minimum absolute atomic E-state index is 0.0753. The van der Waals surface area contributed by atoms with E-state index in [9.17, 15) is 19.5 Å². The molecule has 1 spiro atoms. The highest BCUT2D eigenvalue weighted by Crippen LogP contribution is 2.53. The number of likely N-dealkylation sites (N-methyl/N-ethyl adjacent to an activating group) is 1. The number of para-hydroxylation sites is 1. The summed E-state index contributed by atoms with van der Waals surface area (Å²) in [5.74, 6) is -2.14. The highest BCUT2D eigenvalue weighted by atomic mass is 35.5. The normalized spacial score (nSPS) is 32.0. The van der Waals surface area contributed by atoms with Gasteiger partial charge in [0.25, 0.3) is 5.91 Å². The van der Waals surface area contributed by atoms with Crippen molar-refractivity contribution >= 4 is 35.0 Å². The van der Waals surface area contributed by atoms with Gasteiger partial charge in [0.1, 0.15) is 11.6 Å². The van der Waals surface area contributed by atoms with E-state index < -0.39 is 29.6 Å². The molecule has 0 aliphatic carbocycles. The Labute approximate surface area is 209 Å². The second-order valence-corrected chi connectivity index (χ2v) is 10.0. The van der Waals surface area contributed by atoms with Crippen LogP contribution in [0, 0.1) is 11.8 Å². The number of aliphatic hydroxyl groups excluding tert-OH is 1. The lowest BCUT2D eigenvalue weighted by molar-refractivity contribution is -0.143. The molecule has 5 atom stereocenters. The summed E-state index contributed by atoms with van der Waals surface area (Å²) in [6.45, 7) is 1.15. The minimum Gasteiger partial charge on any atom is -0.396 e. The number of carbonyl (C=O) groups is 3. The van der Waals surface area contributed by atoms with Gasteiger partial charge in [-0.05, 0) is 31.4 Å². The Hall–Kier alpha value is -2.68. The van der Waals surface area contributed by atoms with Gasteiger partial charge in [-0.2, -0.15) is 0 Å². The number of fused-ring (bicyclic) bond motifs is 2. The first-order valence-corrected chi connectivity index (χ1v) is 12.5. The molecule has 1 aromatic carbocycles. The Morgan fingerprint density at radius 3 is 2.63 bits per heavy atom. The van der Waals surface area contributed by atoms with E-state index in [1.165, 1.54) is 0 Å². The third-order valence-corrected chi connectivity index (χ3v) is 7.88. The fraction of sp³-hybridized carbons (Fsp3) is 0.500. The number of ether oxygens (including phenoxy) is 1. The predicted octanol–water partition coefficient (Wildman–Crippen LogP) is 2.01. The number of nitrogens with zero attached hydrogens (tertiary/aromatic N) is 3. The molecule has 4 heterocycles. The van der Waals surface area contributed by atoms with E-state index in [0.29, 0.717) is 36.6 Å². The number of halogens is 1. The lowest BCUT2D eigenvalue weighted by atomic mass is 9.77. The number of hydrogen-bond acceptors (Lipinski definition) is 5. The molecule has 4 aliphatic rings. The van der Waals surface area contributed by atoms with E-state index in [1.807, 2.05) is 30.4 Å². The largest absolute Gasteiger partial charge is 0.396 e. The third-order valence-electron chi connectivity index (χ3n) is 7.56. The highest BCUT2D eigenvalue weighted by Gasteiger charge is 2.71. The van der Waals surface area contributed by atoms with Crippen LogP contribution in [0.4, 0.5) is 5.69 Å². The number of rotatable bonds is 6. The van der Waals surface area contributed by atoms with Crippen LogP contribution >= 0.6 is 11.6 Å². The first-order valence-electron chi connectivity index (χ1n) is 12.1. The summed E-state index contributed by atoms with van der Waals surface area (Å²) in [5.41, 5.74) is -0.672. The lowest BCUT2D eigenvalue weighted by Crippen LogP contribution is -2.55. The number of anilines is 1. The van der Waals surface area contributed by atoms with Crippen molar-refractivity contribution in [1.29, 1.82) is 0 Å². The molecule has 8 nitrogen and oxygen atoms in total. The second kappa shape index (κ2) is 9.41. The molecule has 9 heteroatoms. The molecule has 4 aliphatic heterocycles. The molecule has 3 amide bonds. The van der Waals surface area contributed by atoms with Crippen LogP contribution in [0.15, 0.2) is 48.6 Å². The predicted molar refractivity (Wildman–Crippen MR) is 131 cm³/mol. The van der Waals surface area contributed by atoms with E-state index in [2.05, 4.69) is 0 Å². The molecule has 1 N–H and O–H groups in total. The van der Waals surface area contributed by atoms with Gasteiger partial charge in [0.15, 0.2) is 0 Å². The van der Waals surface area contributed by atoms with E-state index >= 15 is 0 Å². The Morgan fingerprint density at radius 2 is 1.86 bits per heavy atom. The van der Waals surface area contributed by atoms with Crippen molar-refractivity contribution in [3.8, 4) is 0 Å². The molecule has 186 valence electrons. The van der Waals surface area contributed by atoms with Crippen LogP contribution in [0.3, 0.4) is 0 Å². The first kappa shape index (κ1) is 24.0. The van der Waals surface area contributed by atoms with Gasteiger partial charge in [-0.25, -0.2) is 0 Å². The molecular weight excluding hydrogens is 470 g/mol. The van der Waals surface area contributed by atoms with Gasteiger partial charge in [-0.3, -0.25) is 14.4 Å². The number of likely N-dealkylation sites (tertiary alicyclic amines) is 1. The summed E-state index contributed by atoms with van der Waals surface area (Å²) in [7, 11) is 1.72. The number of aliphatic hydroxyl groups is 1. The molecule has 0 radical (unpaired) electrons. The summed E-state index contributed by atoms with van der Waals surface area (Å²) in [5, 5.41) is 9.61. The zero-order valence-corrected chi connectivity index (χ0v) is 20.4. The fourth-order valence-electron chi connectivity index (χ4n) is 5.96. The maximum absolute atomic E-state index is 14.2. The fourth-order valence-corrected chi connectivity index (χ4v) is 6.20. The Kier molecular flexibility index (Phi) is 6.46. The monoisotopic (exact) mass is 499 g/mol. The molecule has 0 saturated carbocycles. The summed E-state index contributed by atoms with van der Waals surface area (Å²) in [6, 6.07) is 6.22. The van der Waals surface area contributed by atoms with Crippen LogP contribution in [-0.2, 0) is 19.1 Å². The van der Waals surface area contributed by atoms with Gasteiger partial charge in [0.2, 0.25) is 11.8 Å². The van der Waals surface area contributed by atoms with Crippen LogP contribution < -0.4 is 4.90 Å². The average molecular weight is 500 g/mol. The summed E-state index contributed by atoms with van der Waals surface area (Å²) in [6.07, 6.45) is 8.81. The van der Waals surface area contributed by atoms with Crippen molar-refractivity contribution < 1.29 is 24.2 Å². The van der Waals surface area contributed by atoms with Crippen molar-refractivity contribution in [2.45, 2.75) is 37.0 Å². The Bertz CT molecular complexity index is 1090. The van der Waals surface area contributed by atoms with Gasteiger partial charge in [0, 0.05) is 33.3 Å². The second-order valence-electron chi connectivity index (χ2n) is 9.61. The quantitative estimate of drug-likeness (QED) is 0.477. The molecular formula is C26H30ClN3O5. The Balaban J connectivity index is 1.58. The standard InChI is InChI=1S/C26H30ClN3O5/c1-28-13-7-11-19-20(23(28)32)21-24(33)30(14-5-2-6-16-31)22-25(34)29(15-8-12-26(21,22)35-19)18-10-4-3-9-17(18)27/h3-4,7-12,19-22,31H,2,5-6,13-16H2,1H3/t19-,20+,21+,22?,26+/m1/s1. The van der Waals surface area contributed by atoms with Crippen LogP contribution in [0.2, 0.25) is 5.02 Å². The van der Waals surface area contributed by atoms with E-state index in [-0.39, 0.29) is 30.9 Å². The maximum Gasteiger partial charge on any atom is 0.253 e. The van der Waals surface area contributed by atoms with Crippen molar-refractivity contribution in [2.24, 2.45) is 11.8 Å². The van der Waals surface area contributed by atoms with Crippen LogP contribution in [0.5, 0.6) is 0 Å². The summed E-state index contributed by atoms with van der Waals surface area (Å²) < 4.78 is 6.57. The van der Waals surface area contributed by atoms with Crippen molar-refractivity contribution in [3.05, 3.63) is 53.6 Å². The number of unbranched alkanes of at least 4 members (excludes halogenated alkanes) is 2. The maximum atomic E-state index is 14.2. The van der Waals surface area contributed by atoms with Gasteiger partial charge >= 0.3 is 0 Å². The highest BCUT2D eigenvalue weighted by molar-refractivity contribution is 6.34. The average Bonchev–Trinajstić information content (AvgIpc) is 3.16. The smallest absolute Gasteiger partial charge is 0.253 e. The molecule has 2 fully saturated rings. The lowest BCUT2D eigenvalue weighted by Gasteiger charge is -2.35.